The number of hydrogen-bond acceptors (Lipinski definition) is 1. The molecule has 0 bridgehead atoms. The molecule has 2 rings (SSSR count). The Balaban J connectivity index is 2.00. The molecule has 0 spiro atoms. The third-order valence-corrected chi connectivity index (χ3v) is 2.66. The topological polar surface area (TPSA) is 9.23 Å². The monoisotopic (exact) mass is 250 g/mol. The zero-order valence-corrected chi connectivity index (χ0v) is 9.95. The highest BCUT2D eigenvalue weighted by atomic mass is 35.5. The molecule has 0 fully saturated rings. The average Bonchev–Trinajstić information content (AvgIpc) is 2.56. The Kier molecular flexibility index (Phi) is 3.99. The van der Waals surface area contributed by atoms with Crippen molar-refractivity contribution in [2.45, 2.75) is 6.42 Å². The summed E-state index contributed by atoms with van der Waals surface area (Å²) in [5, 5.41) is 0.293. The fourth-order valence-electron chi connectivity index (χ4n) is 1.48. The molecule has 1 aliphatic rings. The minimum Gasteiger partial charge on any atom is -0.487 e. The maximum Gasteiger partial charge on any atom is 0.138 e. The molecular weight excluding hydrogens is 239 g/mol. The maximum absolute atomic E-state index is 12.8. The fraction of sp³-hybridized carbons (Fsp3) is 0.143. The highest BCUT2D eigenvalue weighted by molar-refractivity contribution is 6.32. The molecule has 1 aliphatic carbocycles. The maximum atomic E-state index is 12.8. The minimum absolute atomic E-state index is 0.293. The third-order valence-electron chi connectivity index (χ3n) is 2.36. The van der Waals surface area contributed by atoms with Gasteiger partial charge in [0.25, 0.3) is 0 Å². The predicted molar refractivity (Wildman–Crippen MR) is 67.9 cm³/mol. The van der Waals surface area contributed by atoms with E-state index >= 15 is 0 Å². The van der Waals surface area contributed by atoms with E-state index in [2.05, 4.69) is 12.2 Å². The van der Waals surface area contributed by atoms with Crippen molar-refractivity contribution in [2.75, 3.05) is 6.61 Å². The van der Waals surface area contributed by atoms with Crippen LogP contribution in [0.25, 0.3) is 0 Å². The molecule has 0 radical (unpaired) electrons. The highest BCUT2D eigenvalue weighted by Crippen LogP contribution is 2.25. The van der Waals surface area contributed by atoms with E-state index in [1.165, 1.54) is 18.2 Å². The lowest BCUT2D eigenvalue weighted by Crippen LogP contribution is -2.00. The second kappa shape index (κ2) is 5.69. The Labute approximate surface area is 105 Å². The van der Waals surface area contributed by atoms with Crippen molar-refractivity contribution in [1.29, 1.82) is 0 Å². The van der Waals surface area contributed by atoms with Gasteiger partial charge in [-0.2, -0.15) is 0 Å². The smallest absolute Gasteiger partial charge is 0.138 e. The summed E-state index contributed by atoms with van der Waals surface area (Å²) >= 11 is 5.86. The second-order valence-corrected chi connectivity index (χ2v) is 4.07. The van der Waals surface area contributed by atoms with Crippen LogP contribution in [0.4, 0.5) is 4.39 Å². The van der Waals surface area contributed by atoms with E-state index in [-0.39, 0.29) is 5.82 Å². The first-order valence-electron chi connectivity index (χ1n) is 5.36. The molecule has 0 aromatic heterocycles. The van der Waals surface area contributed by atoms with Gasteiger partial charge in [-0.3, -0.25) is 0 Å². The number of halogens is 2. The van der Waals surface area contributed by atoms with Crippen LogP contribution in [-0.2, 0) is 0 Å². The van der Waals surface area contributed by atoms with E-state index in [9.17, 15) is 4.39 Å². The van der Waals surface area contributed by atoms with Crippen molar-refractivity contribution in [1.82, 2.24) is 0 Å². The molecule has 0 heterocycles. The van der Waals surface area contributed by atoms with Gasteiger partial charge >= 0.3 is 0 Å². The van der Waals surface area contributed by atoms with Crippen LogP contribution in [0.1, 0.15) is 6.42 Å². The SMILES string of the molecule is Fc1ccc(OCC2=CCC=CC=C2)c(Cl)c1. The van der Waals surface area contributed by atoms with Crippen molar-refractivity contribution in [3.63, 3.8) is 0 Å². The standard InChI is InChI=1S/C14H12ClFO/c15-13-9-12(16)7-8-14(13)17-10-11-5-3-1-2-4-6-11/h1-3,5-9H,4,10H2. The average molecular weight is 251 g/mol. The normalized spacial score (nSPS) is 14.4. The Morgan fingerprint density at radius 3 is 3.00 bits per heavy atom. The molecule has 0 atom stereocenters. The molecule has 88 valence electrons. The zero-order valence-electron chi connectivity index (χ0n) is 9.20. The second-order valence-electron chi connectivity index (χ2n) is 3.67. The molecule has 0 aliphatic heterocycles. The summed E-state index contributed by atoms with van der Waals surface area (Å²) < 4.78 is 18.4. The van der Waals surface area contributed by atoms with Crippen LogP contribution in [0.3, 0.4) is 0 Å². The lowest BCUT2D eigenvalue weighted by Gasteiger charge is -2.08. The van der Waals surface area contributed by atoms with E-state index < -0.39 is 0 Å². The summed E-state index contributed by atoms with van der Waals surface area (Å²) in [5.41, 5.74) is 1.08. The Morgan fingerprint density at radius 2 is 2.18 bits per heavy atom. The molecule has 0 unspecified atom stereocenters. The summed E-state index contributed by atoms with van der Waals surface area (Å²) in [4.78, 5) is 0. The Bertz CT molecular complexity index is 489. The Hall–Kier alpha value is -1.54. The minimum atomic E-state index is -0.361. The van der Waals surface area contributed by atoms with Crippen molar-refractivity contribution in [2.24, 2.45) is 0 Å². The van der Waals surface area contributed by atoms with Gasteiger partial charge in [-0.15, -0.1) is 0 Å². The molecule has 1 nitrogen and oxygen atoms in total. The van der Waals surface area contributed by atoms with Gasteiger partial charge in [0.2, 0.25) is 0 Å². The highest BCUT2D eigenvalue weighted by Gasteiger charge is 2.03. The van der Waals surface area contributed by atoms with Gasteiger partial charge in [-0.1, -0.05) is 42.0 Å². The third kappa shape index (κ3) is 3.46. The van der Waals surface area contributed by atoms with Crippen molar-refractivity contribution >= 4 is 11.6 Å². The summed E-state index contributed by atoms with van der Waals surface area (Å²) in [6.45, 7) is 0.434. The van der Waals surface area contributed by atoms with Crippen LogP contribution in [0.5, 0.6) is 5.75 Å². The van der Waals surface area contributed by atoms with E-state index in [1.54, 1.807) is 0 Å². The van der Waals surface area contributed by atoms with Crippen molar-refractivity contribution in [3.05, 3.63) is 65.0 Å². The van der Waals surface area contributed by atoms with Crippen molar-refractivity contribution < 1.29 is 9.13 Å². The van der Waals surface area contributed by atoms with Gasteiger partial charge < -0.3 is 4.74 Å². The van der Waals surface area contributed by atoms with Gasteiger partial charge in [0, 0.05) is 0 Å². The first kappa shape index (κ1) is 11.9. The van der Waals surface area contributed by atoms with Gasteiger partial charge in [0.05, 0.1) is 5.02 Å². The zero-order chi connectivity index (χ0) is 12.1. The van der Waals surface area contributed by atoms with Gasteiger partial charge in [0.15, 0.2) is 0 Å². The lowest BCUT2D eigenvalue weighted by molar-refractivity contribution is 0.355. The van der Waals surface area contributed by atoms with Crippen LogP contribution in [0, 0.1) is 5.82 Å². The first-order chi connectivity index (χ1) is 8.25. The molecule has 17 heavy (non-hydrogen) atoms. The lowest BCUT2D eigenvalue weighted by atomic mass is 10.2. The van der Waals surface area contributed by atoms with Crippen LogP contribution in [0.15, 0.2) is 54.2 Å². The number of ether oxygens (including phenoxy) is 1. The molecule has 0 amide bonds. The molecule has 0 N–H and O–H groups in total. The summed E-state index contributed by atoms with van der Waals surface area (Å²) in [5.74, 6) is 0.139. The summed E-state index contributed by atoms with van der Waals surface area (Å²) in [6.07, 6.45) is 11.0. The van der Waals surface area contributed by atoms with Crippen LogP contribution in [-0.4, -0.2) is 6.61 Å². The number of benzene rings is 1. The van der Waals surface area contributed by atoms with E-state index in [4.69, 9.17) is 16.3 Å². The van der Waals surface area contributed by atoms with Gasteiger partial charge in [-0.05, 0) is 30.2 Å². The molecule has 1 aromatic rings. The van der Waals surface area contributed by atoms with Gasteiger partial charge in [-0.25, -0.2) is 4.39 Å². The number of rotatable bonds is 3. The van der Waals surface area contributed by atoms with Crippen LogP contribution < -0.4 is 4.74 Å². The molecule has 0 saturated carbocycles. The molecular formula is C14H12ClFO. The van der Waals surface area contributed by atoms with E-state index in [0.717, 1.165) is 12.0 Å². The molecule has 0 saturated heterocycles. The molecule has 3 heteroatoms. The number of hydrogen-bond donors (Lipinski definition) is 0. The van der Waals surface area contributed by atoms with E-state index in [0.29, 0.717) is 17.4 Å². The van der Waals surface area contributed by atoms with Gasteiger partial charge in [0.1, 0.15) is 18.2 Å². The Morgan fingerprint density at radius 1 is 1.29 bits per heavy atom. The van der Waals surface area contributed by atoms with Crippen molar-refractivity contribution in [3.8, 4) is 5.75 Å². The quantitative estimate of drug-likeness (QED) is 0.777. The fourth-order valence-corrected chi connectivity index (χ4v) is 1.71. The first-order valence-corrected chi connectivity index (χ1v) is 5.73. The predicted octanol–water partition coefficient (Wildman–Crippen LogP) is 4.30. The van der Waals surface area contributed by atoms with E-state index in [1.807, 2.05) is 18.2 Å². The summed E-state index contributed by atoms with van der Waals surface area (Å²) in [6, 6.07) is 4.12. The van der Waals surface area contributed by atoms with Crippen LogP contribution in [0.2, 0.25) is 5.02 Å². The number of allylic oxidation sites excluding steroid dienone is 4. The molecule has 1 aromatic carbocycles. The largest absolute Gasteiger partial charge is 0.487 e. The summed E-state index contributed by atoms with van der Waals surface area (Å²) in [7, 11) is 0. The van der Waals surface area contributed by atoms with Crippen LogP contribution >= 0.6 is 11.6 Å².